The standard InChI is InChI=1S/C8H8F2.C6H12O2/c1-5-3-7(9)6(2)8(10)4-5;1-5-3-7-6(2)8-4-5/h3-4H,1-2H3;5-6H,3-4H2,1-2H3. The van der Waals surface area contributed by atoms with Gasteiger partial charge in [0, 0.05) is 11.5 Å². The van der Waals surface area contributed by atoms with Gasteiger partial charge in [-0.3, -0.25) is 0 Å². The molecular weight excluding hydrogens is 238 g/mol. The Labute approximate surface area is 107 Å². The Balaban J connectivity index is 0.000000184. The highest BCUT2D eigenvalue weighted by atomic mass is 19.1. The van der Waals surface area contributed by atoms with Gasteiger partial charge in [0.25, 0.3) is 0 Å². The summed E-state index contributed by atoms with van der Waals surface area (Å²) in [5, 5.41) is 0. The largest absolute Gasteiger partial charge is 0.353 e. The summed E-state index contributed by atoms with van der Waals surface area (Å²) < 4.78 is 35.5. The normalized spacial score (nSPS) is 23.2. The zero-order chi connectivity index (χ0) is 13.7. The number of aryl methyl sites for hydroxylation is 1. The number of benzene rings is 1. The third kappa shape index (κ3) is 4.70. The van der Waals surface area contributed by atoms with Gasteiger partial charge in [-0.05, 0) is 38.5 Å². The van der Waals surface area contributed by atoms with Crippen molar-refractivity contribution in [1.82, 2.24) is 0 Å². The average Bonchev–Trinajstić information content (AvgIpc) is 2.31. The second-order valence-electron chi connectivity index (χ2n) is 4.69. The molecule has 0 bridgehead atoms. The highest BCUT2D eigenvalue weighted by Crippen LogP contribution is 2.12. The lowest BCUT2D eigenvalue weighted by molar-refractivity contribution is -0.187. The number of hydrogen-bond donors (Lipinski definition) is 0. The monoisotopic (exact) mass is 258 g/mol. The fraction of sp³-hybridized carbons (Fsp3) is 0.571. The molecule has 1 aromatic rings. The first-order valence-corrected chi connectivity index (χ1v) is 6.05. The molecule has 102 valence electrons. The van der Waals surface area contributed by atoms with Crippen LogP contribution in [0.2, 0.25) is 0 Å². The molecule has 18 heavy (non-hydrogen) atoms. The predicted molar refractivity (Wildman–Crippen MR) is 66.4 cm³/mol. The van der Waals surface area contributed by atoms with Crippen molar-refractivity contribution in [1.29, 1.82) is 0 Å². The molecule has 1 saturated heterocycles. The molecule has 1 aromatic carbocycles. The van der Waals surface area contributed by atoms with Crippen LogP contribution in [0.25, 0.3) is 0 Å². The summed E-state index contributed by atoms with van der Waals surface area (Å²) in [6.45, 7) is 8.82. The molecule has 2 rings (SSSR count). The van der Waals surface area contributed by atoms with Gasteiger partial charge in [0.1, 0.15) is 11.6 Å². The van der Waals surface area contributed by atoms with Crippen molar-refractivity contribution >= 4 is 0 Å². The Hall–Kier alpha value is -1.00. The predicted octanol–water partition coefficient (Wildman–Crippen LogP) is 3.60. The topological polar surface area (TPSA) is 18.5 Å². The highest BCUT2D eigenvalue weighted by Gasteiger charge is 2.13. The third-order valence-electron chi connectivity index (χ3n) is 2.66. The molecule has 0 saturated carbocycles. The molecule has 0 amide bonds. The van der Waals surface area contributed by atoms with Gasteiger partial charge in [-0.25, -0.2) is 8.78 Å². The molecule has 1 aliphatic heterocycles. The van der Waals surface area contributed by atoms with Crippen LogP contribution in [0, 0.1) is 31.4 Å². The lowest BCUT2D eigenvalue weighted by Crippen LogP contribution is -2.27. The minimum atomic E-state index is -0.475. The van der Waals surface area contributed by atoms with Crippen LogP contribution in [0.4, 0.5) is 8.78 Å². The summed E-state index contributed by atoms with van der Waals surface area (Å²) in [5.74, 6) is -0.374. The average molecular weight is 258 g/mol. The van der Waals surface area contributed by atoms with E-state index >= 15 is 0 Å². The van der Waals surface area contributed by atoms with E-state index < -0.39 is 11.6 Å². The van der Waals surface area contributed by atoms with Crippen molar-refractivity contribution in [2.75, 3.05) is 13.2 Å². The van der Waals surface area contributed by atoms with E-state index in [4.69, 9.17) is 9.47 Å². The Kier molecular flexibility index (Phi) is 5.69. The van der Waals surface area contributed by atoms with Crippen molar-refractivity contribution in [2.45, 2.75) is 34.0 Å². The minimum absolute atomic E-state index is 0.0196. The van der Waals surface area contributed by atoms with E-state index in [2.05, 4.69) is 6.92 Å². The summed E-state index contributed by atoms with van der Waals surface area (Å²) in [6.07, 6.45) is 0.0196. The quantitative estimate of drug-likeness (QED) is 0.708. The summed E-state index contributed by atoms with van der Waals surface area (Å²) in [6, 6.07) is 2.64. The molecule has 0 atom stereocenters. The zero-order valence-corrected chi connectivity index (χ0v) is 11.3. The van der Waals surface area contributed by atoms with Crippen molar-refractivity contribution in [3.63, 3.8) is 0 Å². The second-order valence-corrected chi connectivity index (χ2v) is 4.69. The van der Waals surface area contributed by atoms with E-state index in [-0.39, 0.29) is 11.9 Å². The van der Waals surface area contributed by atoms with Crippen molar-refractivity contribution < 1.29 is 18.3 Å². The summed E-state index contributed by atoms with van der Waals surface area (Å²) in [5.41, 5.74) is 0.700. The lowest BCUT2D eigenvalue weighted by Gasteiger charge is -2.24. The van der Waals surface area contributed by atoms with E-state index in [0.717, 1.165) is 13.2 Å². The summed E-state index contributed by atoms with van der Waals surface area (Å²) >= 11 is 0. The maximum Gasteiger partial charge on any atom is 0.154 e. The van der Waals surface area contributed by atoms with Crippen LogP contribution in [0.3, 0.4) is 0 Å². The van der Waals surface area contributed by atoms with Crippen LogP contribution in [0.5, 0.6) is 0 Å². The molecule has 0 N–H and O–H groups in total. The number of hydrogen-bond acceptors (Lipinski definition) is 2. The number of rotatable bonds is 0. The van der Waals surface area contributed by atoms with Crippen LogP contribution in [0.15, 0.2) is 12.1 Å². The SMILES string of the molecule is CC1COC(C)OC1.Cc1cc(F)c(C)c(F)c1. The molecule has 1 aliphatic rings. The van der Waals surface area contributed by atoms with Crippen LogP contribution >= 0.6 is 0 Å². The van der Waals surface area contributed by atoms with Crippen molar-refractivity contribution in [2.24, 2.45) is 5.92 Å². The van der Waals surface area contributed by atoms with Gasteiger partial charge in [0.15, 0.2) is 6.29 Å². The molecule has 2 nitrogen and oxygen atoms in total. The zero-order valence-electron chi connectivity index (χ0n) is 11.3. The van der Waals surface area contributed by atoms with Crippen LogP contribution in [0.1, 0.15) is 25.0 Å². The lowest BCUT2D eigenvalue weighted by atomic mass is 10.1. The maximum atomic E-state index is 12.6. The fourth-order valence-corrected chi connectivity index (χ4v) is 1.47. The van der Waals surface area contributed by atoms with Gasteiger partial charge < -0.3 is 9.47 Å². The van der Waals surface area contributed by atoms with Gasteiger partial charge in [-0.15, -0.1) is 0 Å². The van der Waals surface area contributed by atoms with E-state index in [1.165, 1.54) is 19.1 Å². The molecule has 1 fully saturated rings. The van der Waals surface area contributed by atoms with Gasteiger partial charge in [-0.1, -0.05) is 6.92 Å². The molecule has 0 unspecified atom stereocenters. The van der Waals surface area contributed by atoms with Crippen molar-refractivity contribution in [3.8, 4) is 0 Å². The van der Waals surface area contributed by atoms with E-state index in [1.54, 1.807) is 6.92 Å². The first-order chi connectivity index (χ1) is 8.40. The van der Waals surface area contributed by atoms with Crippen LogP contribution in [-0.4, -0.2) is 19.5 Å². The smallest absolute Gasteiger partial charge is 0.154 e. The first-order valence-electron chi connectivity index (χ1n) is 6.05. The van der Waals surface area contributed by atoms with Gasteiger partial charge in [-0.2, -0.15) is 0 Å². The Morgan fingerprint density at radius 1 is 1.00 bits per heavy atom. The second kappa shape index (κ2) is 6.81. The first kappa shape index (κ1) is 15.1. The number of ether oxygens (including phenoxy) is 2. The molecule has 0 spiro atoms. The van der Waals surface area contributed by atoms with Gasteiger partial charge in [0.05, 0.1) is 13.2 Å². The molecule has 4 heteroatoms. The summed E-state index contributed by atoms with van der Waals surface area (Å²) in [7, 11) is 0. The minimum Gasteiger partial charge on any atom is -0.353 e. The molecule has 0 radical (unpaired) electrons. The van der Waals surface area contributed by atoms with Crippen molar-refractivity contribution in [3.05, 3.63) is 34.9 Å². The van der Waals surface area contributed by atoms with Gasteiger partial charge in [0.2, 0.25) is 0 Å². The van der Waals surface area contributed by atoms with Gasteiger partial charge >= 0.3 is 0 Å². The fourth-order valence-electron chi connectivity index (χ4n) is 1.47. The van der Waals surface area contributed by atoms with Crippen LogP contribution < -0.4 is 0 Å². The molecular formula is C14H20F2O2. The maximum absolute atomic E-state index is 12.6. The molecule has 1 heterocycles. The van der Waals surface area contributed by atoms with E-state index in [0.29, 0.717) is 11.5 Å². The Bertz CT molecular complexity index is 352. The number of halogens is 2. The Morgan fingerprint density at radius 3 is 1.83 bits per heavy atom. The van der Waals surface area contributed by atoms with E-state index in [9.17, 15) is 8.78 Å². The molecule has 0 aliphatic carbocycles. The summed E-state index contributed by atoms with van der Waals surface area (Å²) in [4.78, 5) is 0. The molecule has 0 aromatic heterocycles. The Morgan fingerprint density at radius 2 is 1.44 bits per heavy atom. The highest BCUT2D eigenvalue weighted by molar-refractivity contribution is 5.23. The van der Waals surface area contributed by atoms with Crippen LogP contribution in [-0.2, 0) is 9.47 Å². The van der Waals surface area contributed by atoms with E-state index in [1.807, 2.05) is 6.92 Å². The third-order valence-corrected chi connectivity index (χ3v) is 2.66.